The molecule has 1 heterocycles. The summed E-state index contributed by atoms with van der Waals surface area (Å²) in [6, 6.07) is 6.05. The lowest BCUT2D eigenvalue weighted by Gasteiger charge is -2.23. The number of benzene rings is 1. The third kappa shape index (κ3) is 3.29. The zero-order valence-electron chi connectivity index (χ0n) is 12.7. The molecule has 0 aliphatic carbocycles. The molecular formula is C16H20FN3O. The number of amides is 1. The molecule has 0 aliphatic rings. The van der Waals surface area contributed by atoms with Crippen LogP contribution in [-0.2, 0) is 0 Å². The Labute approximate surface area is 123 Å². The number of carbonyl (C=O) groups is 1. The summed E-state index contributed by atoms with van der Waals surface area (Å²) in [5.74, 6) is -0.261. The van der Waals surface area contributed by atoms with E-state index in [0.29, 0.717) is 11.3 Å². The van der Waals surface area contributed by atoms with Crippen LogP contribution in [0.25, 0.3) is 0 Å². The normalized spacial score (nSPS) is 12.5. The van der Waals surface area contributed by atoms with Gasteiger partial charge in [0.2, 0.25) is 0 Å². The molecule has 0 bridgehead atoms. The van der Waals surface area contributed by atoms with E-state index in [1.807, 2.05) is 20.8 Å². The summed E-state index contributed by atoms with van der Waals surface area (Å²) >= 11 is 0. The summed E-state index contributed by atoms with van der Waals surface area (Å²) in [7, 11) is 0. The Kier molecular flexibility index (Phi) is 4.40. The van der Waals surface area contributed by atoms with Crippen LogP contribution >= 0.6 is 0 Å². The van der Waals surface area contributed by atoms with E-state index in [9.17, 15) is 9.18 Å². The molecule has 112 valence electrons. The van der Waals surface area contributed by atoms with Gasteiger partial charge in [-0.05, 0) is 37.5 Å². The number of halogens is 1. The van der Waals surface area contributed by atoms with Gasteiger partial charge >= 0.3 is 0 Å². The van der Waals surface area contributed by atoms with Crippen molar-refractivity contribution in [2.45, 2.75) is 33.7 Å². The van der Waals surface area contributed by atoms with Gasteiger partial charge in [0.05, 0.1) is 17.3 Å². The van der Waals surface area contributed by atoms with Crippen LogP contribution in [0.4, 0.5) is 4.39 Å². The minimum Gasteiger partial charge on any atom is -0.345 e. The molecule has 0 spiro atoms. The Hall–Kier alpha value is -2.17. The van der Waals surface area contributed by atoms with Crippen molar-refractivity contribution in [1.29, 1.82) is 0 Å². The van der Waals surface area contributed by atoms with E-state index in [0.717, 1.165) is 11.3 Å². The maximum Gasteiger partial charge on any atom is 0.255 e. The Bertz CT molecular complexity index is 612. The molecule has 21 heavy (non-hydrogen) atoms. The van der Waals surface area contributed by atoms with Gasteiger partial charge in [-0.1, -0.05) is 26.0 Å². The molecule has 0 radical (unpaired) electrons. The average Bonchev–Trinajstić information content (AvgIpc) is 2.76. The number of nitrogens with zero attached hydrogens (tertiary/aromatic N) is 1. The van der Waals surface area contributed by atoms with E-state index in [2.05, 4.69) is 15.5 Å². The molecule has 0 aliphatic heterocycles. The highest BCUT2D eigenvalue weighted by molar-refractivity contribution is 5.96. The third-order valence-electron chi connectivity index (χ3n) is 3.54. The number of nitrogens with one attached hydrogen (secondary N) is 2. The highest BCUT2D eigenvalue weighted by Crippen LogP contribution is 2.23. The maximum absolute atomic E-state index is 13.0. The molecule has 2 N–H and O–H groups in total. The summed E-state index contributed by atoms with van der Waals surface area (Å²) < 4.78 is 13.0. The summed E-state index contributed by atoms with van der Waals surface area (Å²) in [6.07, 6.45) is 0. The lowest BCUT2D eigenvalue weighted by Crippen LogP contribution is -2.32. The number of H-pyrrole nitrogens is 1. The van der Waals surface area contributed by atoms with Crippen LogP contribution in [0.3, 0.4) is 0 Å². The SMILES string of the molecule is Cc1n[nH]c(C)c1C(=O)NC(c1ccc(F)cc1)C(C)C. The zero-order valence-corrected chi connectivity index (χ0v) is 12.7. The van der Waals surface area contributed by atoms with E-state index < -0.39 is 0 Å². The molecule has 2 aromatic rings. The fourth-order valence-electron chi connectivity index (χ4n) is 2.40. The van der Waals surface area contributed by atoms with Crippen molar-refractivity contribution in [3.63, 3.8) is 0 Å². The van der Waals surface area contributed by atoms with Crippen LogP contribution in [0, 0.1) is 25.6 Å². The first-order valence-electron chi connectivity index (χ1n) is 6.98. The van der Waals surface area contributed by atoms with Crippen LogP contribution < -0.4 is 5.32 Å². The van der Waals surface area contributed by atoms with Crippen molar-refractivity contribution < 1.29 is 9.18 Å². The van der Waals surface area contributed by atoms with Crippen LogP contribution in [0.1, 0.15) is 47.2 Å². The minimum absolute atomic E-state index is 0.165. The maximum atomic E-state index is 13.0. The number of aromatic amines is 1. The summed E-state index contributed by atoms with van der Waals surface area (Å²) in [6.45, 7) is 7.64. The molecule has 0 fully saturated rings. The zero-order chi connectivity index (χ0) is 15.6. The second-order valence-electron chi connectivity index (χ2n) is 5.56. The quantitative estimate of drug-likeness (QED) is 0.907. The van der Waals surface area contributed by atoms with Gasteiger partial charge in [0.25, 0.3) is 5.91 Å². The number of carbonyl (C=O) groups excluding carboxylic acids is 1. The van der Waals surface area contributed by atoms with E-state index in [-0.39, 0.29) is 23.7 Å². The summed E-state index contributed by atoms with van der Waals surface area (Å²) in [5, 5.41) is 9.86. The fraction of sp³-hybridized carbons (Fsp3) is 0.375. The molecule has 1 atom stereocenters. The number of aryl methyl sites for hydroxylation is 2. The van der Waals surface area contributed by atoms with Gasteiger partial charge in [-0.25, -0.2) is 4.39 Å². The van der Waals surface area contributed by atoms with Gasteiger partial charge in [0, 0.05) is 5.69 Å². The van der Waals surface area contributed by atoms with Gasteiger partial charge in [-0.15, -0.1) is 0 Å². The van der Waals surface area contributed by atoms with Crippen LogP contribution in [0.2, 0.25) is 0 Å². The lowest BCUT2D eigenvalue weighted by molar-refractivity contribution is 0.0924. The van der Waals surface area contributed by atoms with Crippen molar-refractivity contribution in [2.24, 2.45) is 5.92 Å². The Balaban J connectivity index is 2.25. The first-order valence-corrected chi connectivity index (χ1v) is 6.98. The highest BCUT2D eigenvalue weighted by Gasteiger charge is 2.22. The average molecular weight is 289 g/mol. The first-order chi connectivity index (χ1) is 9.90. The molecular weight excluding hydrogens is 269 g/mol. The molecule has 1 aromatic carbocycles. The standard InChI is InChI=1S/C16H20FN3O/c1-9(2)15(12-5-7-13(17)8-6-12)18-16(21)14-10(3)19-20-11(14)4/h5-9,15H,1-4H3,(H,18,21)(H,19,20). The molecule has 2 rings (SSSR count). The molecule has 5 heteroatoms. The topological polar surface area (TPSA) is 57.8 Å². The minimum atomic E-state index is -0.283. The largest absolute Gasteiger partial charge is 0.345 e. The number of aromatic nitrogens is 2. The summed E-state index contributed by atoms with van der Waals surface area (Å²) in [4.78, 5) is 12.5. The predicted octanol–water partition coefficient (Wildman–Crippen LogP) is 3.29. The molecule has 4 nitrogen and oxygen atoms in total. The summed E-state index contributed by atoms with van der Waals surface area (Å²) in [5.41, 5.74) is 2.87. The second kappa shape index (κ2) is 6.08. The van der Waals surface area contributed by atoms with Crippen molar-refractivity contribution in [2.75, 3.05) is 0 Å². The lowest BCUT2D eigenvalue weighted by atomic mass is 9.95. The van der Waals surface area contributed by atoms with Crippen LogP contribution in [0.15, 0.2) is 24.3 Å². The van der Waals surface area contributed by atoms with Crippen LogP contribution in [-0.4, -0.2) is 16.1 Å². The Morgan fingerprint density at radius 1 is 1.24 bits per heavy atom. The van der Waals surface area contributed by atoms with E-state index in [4.69, 9.17) is 0 Å². The molecule has 0 saturated carbocycles. The van der Waals surface area contributed by atoms with Crippen molar-refractivity contribution >= 4 is 5.91 Å². The Morgan fingerprint density at radius 2 is 1.86 bits per heavy atom. The van der Waals surface area contributed by atoms with Crippen LogP contribution in [0.5, 0.6) is 0 Å². The molecule has 1 aromatic heterocycles. The predicted molar refractivity (Wildman–Crippen MR) is 79.5 cm³/mol. The fourth-order valence-corrected chi connectivity index (χ4v) is 2.40. The van der Waals surface area contributed by atoms with Crippen molar-refractivity contribution in [3.8, 4) is 0 Å². The molecule has 0 saturated heterocycles. The number of hydrogen-bond acceptors (Lipinski definition) is 2. The molecule has 1 amide bonds. The number of rotatable bonds is 4. The van der Waals surface area contributed by atoms with Crippen molar-refractivity contribution in [1.82, 2.24) is 15.5 Å². The number of hydrogen-bond donors (Lipinski definition) is 2. The van der Waals surface area contributed by atoms with Gasteiger partial charge in [0.1, 0.15) is 5.82 Å². The second-order valence-corrected chi connectivity index (χ2v) is 5.56. The van der Waals surface area contributed by atoms with Gasteiger partial charge in [-0.3, -0.25) is 9.89 Å². The molecule has 1 unspecified atom stereocenters. The smallest absolute Gasteiger partial charge is 0.255 e. The van der Waals surface area contributed by atoms with Gasteiger partial charge in [-0.2, -0.15) is 5.10 Å². The van der Waals surface area contributed by atoms with E-state index >= 15 is 0 Å². The Morgan fingerprint density at radius 3 is 2.33 bits per heavy atom. The monoisotopic (exact) mass is 289 g/mol. The van der Waals surface area contributed by atoms with E-state index in [1.165, 1.54) is 12.1 Å². The first kappa shape index (κ1) is 15.2. The van der Waals surface area contributed by atoms with Gasteiger partial charge in [0.15, 0.2) is 0 Å². The van der Waals surface area contributed by atoms with Crippen molar-refractivity contribution in [3.05, 3.63) is 52.6 Å². The third-order valence-corrected chi connectivity index (χ3v) is 3.54. The van der Waals surface area contributed by atoms with Gasteiger partial charge < -0.3 is 5.32 Å². The highest BCUT2D eigenvalue weighted by atomic mass is 19.1. The van der Waals surface area contributed by atoms with E-state index in [1.54, 1.807) is 19.1 Å².